The molecule has 6 nitrogen and oxygen atoms in total. The zero-order chi connectivity index (χ0) is 17.7. The van der Waals surface area contributed by atoms with Crippen LogP contribution in [0.25, 0.3) is 0 Å². The van der Waals surface area contributed by atoms with E-state index in [9.17, 15) is 4.79 Å². The third-order valence-electron chi connectivity index (χ3n) is 3.88. The third-order valence-corrected chi connectivity index (χ3v) is 3.88. The number of carbonyl (C=O) groups is 1. The number of benzene rings is 1. The highest BCUT2D eigenvalue weighted by Crippen LogP contribution is 2.21. The molecule has 1 amide bonds. The Hall–Kier alpha value is -2.50. The van der Waals surface area contributed by atoms with Gasteiger partial charge in [-0.1, -0.05) is 6.92 Å². The highest BCUT2D eigenvalue weighted by atomic mass is 16.5. The molecule has 0 saturated carbocycles. The van der Waals surface area contributed by atoms with Gasteiger partial charge in [0.15, 0.2) is 0 Å². The molecule has 0 spiro atoms. The van der Waals surface area contributed by atoms with Crippen molar-refractivity contribution in [3.05, 3.63) is 42.0 Å². The average Bonchev–Trinajstić information content (AvgIpc) is 2.99. The molecule has 0 bridgehead atoms. The molecule has 0 aliphatic rings. The van der Waals surface area contributed by atoms with Crippen LogP contribution < -0.4 is 15.4 Å². The summed E-state index contributed by atoms with van der Waals surface area (Å²) < 4.78 is 5.15. The first-order chi connectivity index (χ1) is 11.4. The summed E-state index contributed by atoms with van der Waals surface area (Å²) >= 11 is 0. The molecule has 0 radical (unpaired) electrons. The summed E-state index contributed by atoms with van der Waals surface area (Å²) in [5.74, 6) is 1.48. The number of imidazole rings is 1. The summed E-state index contributed by atoms with van der Waals surface area (Å²) in [4.78, 5) is 20.2. The molecule has 3 N–H and O–H groups in total. The number of rotatable bonds is 7. The van der Waals surface area contributed by atoms with Crippen molar-refractivity contribution >= 4 is 11.6 Å². The van der Waals surface area contributed by atoms with Gasteiger partial charge in [0, 0.05) is 17.6 Å². The van der Waals surface area contributed by atoms with Crippen molar-refractivity contribution in [3.63, 3.8) is 0 Å². The van der Waals surface area contributed by atoms with Gasteiger partial charge in [-0.05, 0) is 51.5 Å². The van der Waals surface area contributed by atoms with Crippen molar-refractivity contribution < 1.29 is 9.53 Å². The van der Waals surface area contributed by atoms with E-state index < -0.39 is 5.54 Å². The van der Waals surface area contributed by atoms with Crippen molar-refractivity contribution in [3.8, 4) is 5.75 Å². The Balaban J connectivity index is 2.05. The number of nitrogens with zero attached hydrogens (tertiary/aromatic N) is 1. The van der Waals surface area contributed by atoms with Crippen LogP contribution in [0.5, 0.6) is 5.75 Å². The molecule has 1 aromatic carbocycles. The highest BCUT2D eigenvalue weighted by molar-refractivity contribution is 5.88. The molecule has 0 aliphatic heterocycles. The van der Waals surface area contributed by atoms with Gasteiger partial charge in [0.25, 0.3) is 0 Å². The zero-order valence-corrected chi connectivity index (χ0v) is 14.9. The minimum absolute atomic E-state index is 0.0841. The van der Waals surface area contributed by atoms with Crippen LogP contribution in [0, 0.1) is 6.92 Å². The quantitative estimate of drug-likeness (QED) is 0.728. The first-order valence-corrected chi connectivity index (χ1v) is 8.10. The predicted octanol–water partition coefficient (Wildman–Crippen LogP) is 3.18. The fourth-order valence-corrected chi connectivity index (χ4v) is 2.40. The zero-order valence-electron chi connectivity index (χ0n) is 14.9. The van der Waals surface area contributed by atoms with Crippen LogP contribution in [0.1, 0.15) is 44.8 Å². The first-order valence-electron chi connectivity index (χ1n) is 8.10. The molecule has 1 aromatic heterocycles. The molecule has 6 heteroatoms. The number of aryl methyl sites for hydroxylation is 1. The van der Waals surface area contributed by atoms with Crippen LogP contribution in [0.4, 0.5) is 5.69 Å². The maximum absolute atomic E-state index is 12.7. The van der Waals surface area contributed by atoms with Crippen LogP contribution >= 0.6 is 0 Å². The molecule has 0 saturated heterocycles. The molecule has 1 atom stereocenters. The van der Waals surface area contributed by atoms with E-state index in [1.807, 2.05) is 52.0 Å². The lowest BCUT2D eigenvalue weighted by atomic mass is 10.0. The van der Waals surface area contributed by atoms with Gasteiger partial charge in [-0.15, -0.1) is 0 Å². The van der Waals surface area contributed by atoms with Crippen molar-refractivity contribution in [1.29, 1.82) is 0 Å². The lowest BCUT2D eigenvalue weighted by molar-refractivity contribution is -0.125. The number of hydrogen-bond donors (Lipinski definition) is 3. The molecule has 0 fully saturated rings. The molecule has 1 heterocycles. The van der Waals surface area contributed by atoms with Gasteiger partial charge < -0.3 is 20.4 Å². The van der Waals surface area contributed by atoms with E-state index in [0.29, 0.717) is 0 Å². The number of anilines is 1. The number of amides is 1. The second-order valence-electron chi connectivity index (χ2n) is 6.36. The lowest BCUT2D eigenvalue weighted by Crippen LogP contribution is -2.49. The monoisotopic (exact) mass is 330 g/mol. The lowest BCUT2D eigenvalue weighted by Gasteiger charge is -2.28. The van der Waals surface area contributed by atoms with Crippen molar-refractivity contribution in [2.45, 2.75) is 45.7 Å². The maximum atomic E-state index is 12.7. The Morgan fingerprint density at radius 3 is 2.50 bits per heavy atom. The van der Waals surface area contributed by atoms with Gasteiger partial charge in [0.1, 0.15) is 17.1 Å². The van der Waals surface area contributed by atoms with Crippen LogP contribution in [-0.4, -0.2) is 28.5 Å². The fourth-order valence-electron chi connectivity index (χ4n) is 2.40. The third kappa shape index (κ3) is 4.28. The number of carbonyl (C=O) groups excluding carboxylic acids is 1. The SMILES string of the molecule is CC[C@H](NC(=O)C(C)(C)Nc1ccc(OC)cc1)c1ncc(C)[nH]1. The van der Waals surface area contributed by atoms with E-state index in [0.717, 1.165) is 29.4 Å². The van der Waals surface area contributed by atoms with E-state index in [4.69, 9.17) is 4.74 Å². The fraction of sp³-hybridized carbons (Fsp3) is 0.444. The summed E-state index contributed by atoms with van der Waals surface area (Å²) in [6, 6.07) is 7.36. The Morgan fingerprint density at radius 2 is 2.00 bits per heavy atom. The van der Waals surface area contributed by atoms with E-state index in [-0.39, 0.29) is 11.9 Å². The van der Waals surface area contributed by atoms with Crippen molar-refractivity contribution in [2.75, 3.05) is 12.4 Å². The summed E-state index contributed by atoms with van der Waals surface area (Å²) in [5.41, 5.74) is 1.08. The Kier molecular flexibility index (Phi) is 5.49. The summed E-state index contributed by atoms with van der Waals surface area (Å²) in [7, 11) is 1.63. The van der Waals surface area contributed by atoms with E-state index in [1.54, 1.807) is 13.3 Å². The smallest absolute Gasteiger partial charge is 0.245 e. The minimum Gasteiger partial charge on any atom is -0.497 e. The average molecular weight is 330 g/mol. The van der Waals surface area contributed by atoms with Gasteiger partial charge in [0.05, 0.1) is 13.2 Å². The second kappa shape index (κ2) is 7.38. The van der Waals surface area contributed by atoms with Crippen LogP contribution in [0.3, 0.4) is 0 Å². The molecule has 130 valence electrons. The normalized spacial score (nSPS) is 12.5. The minimum atomic E-state index is -0.760. The molecule has 2 aromatic rings. The number of hydrogen-bond acceptors (Lipinski definition) is 4. The molecular weight excluding hydrogens is 304 g/mol. The van der Waals surface area contributed by atoms with Gasteiger partial charge in [-0.2, -0.15) is 0 Å². The standard InChI is InChI=1S/C18H26N4O2/c1-6-15(16-19-11-12(2)20-16)21-17(23)18(3,4)22-13-7-9-14(24-5)10-8-13/h7-11,15,22H,6H2,1-5H3,(H,19,20)(H,21,23)/t15-/m0/s1. The van der Waals surface area contributed by atoms with Gasteiger partial charge in [0.2, 0.25) is 5.91 Å². The molecule has 0 unspecified atom stereocenters. The molecule has 24 heavy (non-hydrogen) atoms. The van der Waals surface area contributed by atoms with Crippen LogP contribution in [0.2, 0.25) is 0 Å². The topological polar surface area (TPSA) is 79.0 Å². The number of aromatic nitrogens is 2. The molecule has 0 aliphatic carbocycles. The Labute approximate surface area is 143 Å². The maximum Gasteiger partial charge on any atom is 0.245 e. The highest BCUT2D eigenvalue weighted by Gasteiger charge is 2.29. The van der Waals surface area contributed by atoms with Gasteiger partial charge in [-0.25, -0.2) is 4.98 Å². The molecular formula is C18H26N4O2. The summed E-state index contributed by atoms with van der Waals surface area (Å²) in [5, 5.41) is 6.32. The predicted molar refractivity (Wildman–Crippen MR) is 95.2 cm³/mol. The number of methoxy groups -OCH3 is 1. The number of ether oxygens (including phenoxy) is 1. The number of aromatic amines is 1. The van der Waals surface area contributed by atoms with E-state index >= 15 is 0 Å². The largest absolute Gasteiger partial charge is 0.497 e. The number of H-pyrrole nitrogens is 1. The van der Waals surface area contributed by atoms with Crippen molar-refractivity contribution in [1.82, 2.24) is 15.3 Å². The molecule has 2 rings (SSSR count). The first kappa shape index (κ1) is 17.8. The van der Waals surface area contributed by atoms with Crippen LogP contribution in [-0.2, 0) is 4.79 Å². The van der Waals surface area contributed by atoms with Crippen LogP contribution in [0.15, 0.2) is 30.5 Å². The summed E-state index contributed by atoms with van der Waals surface area (Å²) in [6.45, 7) is 7.67. The van der Waals surface area contributed by atoms with Gasteiger partial charge >= 0.3 is 0 Å². The van der Waals surface area contributed by atoms with E-state index in [2.05, 4.69) is 20.6 Å². The second-order valence-corrected chi connectivity index (χ2v) is 6.36. The number of nitrogens with one attached hydrogen (secondary N) is 3. The van der Waals surface area contributed by atoms with E-state index in [1.165, 1.54) is 0 Å². The Bertz CT molecular complexity index is 677. The van der Waals surface area contributed by atoms with Gasteiger partial charge in [-0.3, -0.25) is 4.79 Å². The van der Waals surface area contributed by atoms with Crippen molar-refractivity contribution in [2.24, 2.45) is 0 Å². The summed E-state index contributed by atoms with van der Waals surface area (Å²) in [6.07, 6.45) is 2.53. The Morgan fingerprint density at radius 1 is 1.33 bits per heavy atom.